The van der Waals surface area contributed by atoms with Crippen LogP contribution in [0.2, 0.25) is 5.82 Å². The van der Waals surface area contributed by atoms with Crippen LogP contribution in [-0.4, -0.2) is 25.4 Å². The number of halogens is 3. The maximum atomic E-state index is 12.7. The second-order valence-corrected chi connectivity index (χ2v) is 6.28. The first-order chi connectivity index (χ1) is 8.73. The molecule has 0 saturated heterocycles. The molecule has 0 saturated carbocycles. The van der Waals surface area contributed by atoms with Crippen LogP contribution in [0.3, 0.4) is 0 Å². The van der Waals surface area contributed by atoms with Crippen molar-refractivity contribution in [3.05, 3.63) is 29.8 Å². The van der Waals surface area contributed by atoms with Gasteiger partial charge in [-0.05, 0) is 0 Å². The number of hydrogen-bond acceptors (Lipinski definition) is 3. The Morgan fingerprint density at radius 2 is 2.00 bits per heavy atom. The Balaban J connectivity index is 2.36. The molecular formula is C12H14F3N3Se. The second-order valence-electron chi connectivity index (χ2n) is 4.65. The first-order valence-corrected chi connectivity index (χ1v) is 8.19. The monoisotopic (exact) mass is 337 g/mol. The number of aliphatic imine (C=N–C) groups is 1. The third-order valence-corrected chi connectivity index (χ3v) is 3.91. The molecule has 1 aromatic carbocycles. The van der Waals surface area contributed by atoms with Gasteiger partial charge in [0.25, 0.3) is 0 Å². The van der Waals surface area contributed by atoms with Crippen molar-refractivity contribution in [2.45, 2.75) is 31.5 Å². The fraction of sp³-hybridized carbons (Fsp3) is 0.417. The zero-order valence-electron chi connectivity index (χ0n) is 10.7. The van der Waals surface area contributed by atoms with E-state index in [1.54, 1.807) is 11.1 Å². The molecule has 0 aromatic heterocycles. The van der Waals surface area contributed by atoms with Crippen molar-refractivity contribution >= 4 is 25.4 Å². The average Bonchev–Trinajstić information content (AvgIpc) is 2.64. The molecule has 0 bridgehead atoms. The summed E-state index contributed by atoms with van der Waals surface area (Å²) in [5.41, 5.74) is 2.43. The Labute approximate surface area is 116 Å². The van der Waals surface area contributed by atoms with Crippen molar-refractivity contribution in [2.24, 2.45) is 4.99 Å². The standard InChI is InChI=1S/C12H14F3N3Se/c1-11(2)16-10(19-3)18(17-11)9-6-4-5-8(7-9)12(13,14)15/h4-7,17H,1-3H3. The fourth-order valence-electron chi connectivity index (χ4n) is 1.77. The Hall–Kier alpha value is -1.04. The van der Waals surface area contributed by atoms with Gasteiger partial charge in [-0.1, -0.05) is 0 Å². The van der Waals surface area contributed by atoms with Gasteiger partial charge in [-0.15, -0.1) is 0 Å². The number of hydrazine groups is 1. The number of hydrogen-bond donors (Lipinski definition) is 1. The van der Waals surface area contributed by atoms with Gasteiger partial charge in [0.05, 0.1) is 0 Å². The van der Waals surface area contributed by atoms with E-state index in [0.717, 1.165) is 16.9 Å². The summed E-state index contributed by atoms with van der Waals surface area (Å²) in [5, 5.41) is 1.65. The number of nitrogens with one attached hydrogen (secondary N) is 1. The second kappa shape index (κ2) is 4.81. The molecule has 1 N–H and O–H groups in total. The van der Waals surface area contributed by atoms with Crippen LogP contribution in [0.25, 0.3) is 0 Å². The Kier molecular flexibility index (Phi) is 3.64. The third-order valence-electron chi connectivity index (χ3n) is 2.57. The molecule has 1 aromatic rings. The Bertz CT molecular complexity index is 511. The summed E-state index contributed by atoms with van der Waals surface area (Å²) in [5.74, 6) is 1.98. The van der Waals surface area contributed by atoms with Crippen molar-refractivity contribution < 1.29 is 13.2 Å². The van der Waals surface area contributed by atoms with Crippen LogP contribution in [0.15, 0.2) is 29.3 Å². The normalized spacial score (nSPS) is 18.6. The minimum absolute atomic E-state index is 0.0923. The van der Waals surface area contributed by atoms with Gasteiger partial charge in [-0.3, -0.25) is 0 Å². The first-order valence-electron chi connectivity index (χ1n) is 5.62. The number of anilines is 1. The van der Waals surface area contributed by atoms with E-state index < -0.39 is 17.4 Å². The van der Waals surface area contributed by atoms with E-state index in [1.807, 2.05) is 19.7 Å². The summed E-state index contributed by atoms with van der Waals surface area (Å²) in [6, 6.07) is 5.25. The number of rotatable bonds is 2. The van der Waals surface area contributed by atoms with Crippen LogP contribution in [0.5, 0.6) is 0 Å². The van der Waals surface area contributed by atoms with E-state index in [1.165, 1.54) is 6.07 Å². The molecule has 0 amide bonds. The molecule has 0 spiro atoms. The molecule has 0 atom stereocenters. The molecule has 1 aliphatic rings. The molecule has 0 unspecified atom stereocenters. The maximum absolute atomic E-state index is 12.7. The fourth-order valence-corrected chi connectivity index (χ4v) is 3.14. The number of nitrogens with zero attached hydrogens (tertiary/aromatic N) is 2. The van der Waals surface area contributed by atoms with E-state index in [-0.39, 0.29) is 15.0 Å². The molecule has 0 aliphatic carbocycles. The quantitative estimate of drug-likeness (QED) is 0.841. The van der Waals surface area contributed by atoms with Gasteiger partial charge >= 0.3 is 115 Å². The van der Waals surface area contributed by atoms with Gasteiger partial charge < -0.3 is 0 Å². The zero-order chi connectivity index (χ0) is 14.3. The van der Waals surface area contributed by atoms with Gasteiger partial charge in [0.15, 0.2) is 0 Å². The van der Waals surface area contributed by atoms with Crippen molar-refractivity contribution in [2.75, 3.05) is 5.01 Å². The molecule has 3 nitrogen and oxygen atoms in total. The first kappa shape index (κ1) is 14.4. The average molecular weight is 336 g/mol. The van der Waals surface area contributed by atoms with Crippen LogP contribution < -0.4 is 10.4 Å². The molecule has 0 radical (unpaired) electrons. The predicted molar refractivity (Wildman–Crippen MR) is 70.2 cm³/mol. The van der Waals surface area contributed by atoms with Crippen molar-refractivity contribution in [1.29, 1.82) is 0 Å². The van der Waals surface area contributed by atoms with Gasteiger partial charge in [0, 0.05) is 0 Å². The number of benzene rings is 1. The van der Waals surface area contributed by atoms with Gasteiger partial charge in [0.1, 0.15) is 0 Å². The molecule has 104 valence electrons. The number of amidine groups is 1. The van der Waals surface area contributed by atoms with Crippen LogP contribution in [0, 0.1) is 0 Å². The molecule has 1 heterocycles. The SMILES string of the molecule is C[Se]C1=NC(C)(C)NN1c1cccc(C(F)(F)F)c1. The predicted octanol–water partition coefficient (Wildman–Crippen LogP) is 2.87. The van der Waals surface area contributed by atoms with E-state index in [9.17, 15) is 13.2 Å². The summed E-state index contributed by atoms with van der Waals surface area (Å²) >= 11 is 0.0923. The summed E-state index contributed by atoms with van der Waals surface area (Å²) < 4.78 is 39.0. The Morgan fingerprint density at radius 3 is 2.58 bits per heavy atom. The molecule has 0 fully saturated rings. The number of alkyl halides is 3. The van der Waals surface area contributed by atoms with Crippen LogP contribution in [-0.2, 0) is 6.18 Å². The molecule has 7 heteroatoms. The van der Waals surface area contributed by atoms with Crippen LogP contribution in [0.1, 0.15) is 19.4 Å². The van der Waals surface area contributed by atoms with E-state index in [4.69, 9.17) is 0 Å². The van der Waals surface area contributed by atoms with Crippen LogP contribution in [0.4, 0.5) is 18.9 Å². The van der Waals surface area contributed by atoms with Gasteiger partial charge in [-0.25, -0.2) is 0 Å². The molecular weight excluding hydrogens is 322 g/mol. The summed E-state index contributed by atoms with van der Waals surface area (Å²) in [7, 11) is 0. The van der Waals surface area contributed by atoms with Gasteiger partial charge in [-0.2, -0.15) is 0 Å². The molecule has 2 rings (SSSR count). The van der Waals surface area contributed by atoms with Crippen molar-refractivity contribution in [3.63, 3.8) is 0 Å². The topological polar surface area (TPSA) is 27.6 Å². The Morgan fingerprint density at radius 1 is 1.32 bits per heavy atom. The minimum atomic E-state index is -4.33. The third kappa shape index (κ3) is 3.11. The van der Waals surface area contributed by atoms with E-state index in [0.29, 0.717) is 5.69 Å². The van der Waals surface area contributed by atoms with Crippen LogP contribution >= 0.6 is 0 Å². The van der Waals surface area contributed by atoms with Gasteiger partial charge in [0.2, 0.25) is 0 Å². The summed E-state index contributed by atoms with van der Waals surface area (Å²) in [4.78, 5) is 4.47. The van der Waals surface area contributed by atoms with E-state index in [2.05, 4.69) is 10.4 Å². The summed E-state index contributed by atoms with van der Waals surface area (Å²) in [6.45, 7) is 3.76. The summed E-state index contributed by atoms with van der Waals surface area (Å²) in [6.07, 6.45) is -4.33. The van der Waals surface area contributed by atoms with Crippen molar-refractivity contribution in [1.82, 2.24) is 5.43 Å². The molecule has 19 heavy (non-hydrogen) atoms. The van der Waals surface area contributed by atoms with E-state index >= 15 is 0 Å². The van der Waals surface area contributed by atoms with Crippen molar-refractivity contribution in [3.8, 4) is 0 Å². The zero-order valence-corrected chi connectivity index (χ0v) is 12.5. The molecule has 1 aliphatic heterocycles.